The Morgan fingerprint density at radius 1 is 1.55 bits per heavy atom. The number of likely N-dealkylation sites (tertiary alicyclic amines) is 1. The Kier molecular flexibility index (Phi) is 7.29. The quantitative estimate of drug-likeness (QED) is 0.869. The van der Waals surface area contributed by atoms with E-state index in [-0.39, 0.29) is 18.3 Å². The van der Waals surface area contributed by atoms with E-state index in [1.54, 1.807) is 7.11 Å². The van der Waals surface area contributed by atoms with Crippen LogP contribution in [0.2, 0.25) is 0 Å². The van der Waals surface area contributed by atoms with Crippen LogP contribution in [0, 0.1) is 5.92 Å². The second kappa shape index (κ2) is 8.22. The lowest BCUT2D eigenvalue weighted by molar-refractivity contribution is 0.0695. The molecule has 0 unspecified atom stereocenters. The molecular formula is C13H20BrClN2O2S. The van der Waals surface area contributed by atoms with Gasteiger partial charge in [0.2, 0.25) is 0 Å². The molecule has 1 amide bonds. The topological polar surface area (TPSA) is 41.6 Å². The van der Waals surface area contributed by atoms with Crippen LogP contribution < -0.4 is 10.1 Å². The van der Waals surface area contributed by atoms with Gasteiger partial charge in [-0.25, -0.2) is 0 Å². The van der Waals surface area contributed by atoms with Crippen molar-refractivity contribution >= 4 is 45.6 Å². The van der Waals surface area contributed by atoms with E-state index in [9.17, 15) is 4.79 Å². The molecule has 7 heteroatoms. The second-order valence-electron chi connectivity index (χ2n) is 4.75. The van der Waals surface area contributed by atoms with E-state index in [0.29, 0.717) is 5.92 Å². The SMILES string of the molecule is CNCC1CCN(C(=O)c2cc(OC)c(Br)s2)CC1.Cl. The van der Waals surface area contributed by atoms with Gasteiger partial charge in [-0.05, 0) is 48.3 Å². The molecule has 0 aromatic carbocycles. The van der Waals surface area contributed by atoms with Crippen molar-refractivity contribution in [3.63, 3.8) is 0 Å². The Morgan fingerprint density at radius 2 is 2.20 bits per heavy atom. The maximum absolute atomic E-state index is 12.4. The van der Waals surface area contributed by atoms with E-state index < -0.39 is 0 Å². The first-order valence-electron chi connectivity index (χ1n) is 6.43. The first-order chi connectivity index (χ1) is 9.15. The number of thiophene rings is 1. The molecule has 1 saturated heterocycles. The fourth-order valence-electron chi connectivity index (χ4n) is 2.38. The molecule has 1 N–H and O–H groups in total. The maximum Gasteiger partial charge on any atom is 0.264 e. The summed E-state index contributed by atoms with van der Waals surface area (Å²) in [6.45, 7) is 2.74. The van der Waals surface area contributed by atoms with Crippen LogP contribution >= 0.6 is 39.7 Å². The lowest BCUT2D eigenvalue weighted by Gasteiger charge is -2.31. The van der Waals surface area contributed by atoms with E-state index in [1.807, 2.05) is 18.0 Å². The van der Waals surface area contributed by atoms with Crippen molar-refractivity contribution in [3.05, 3.63) is 14.7 Å². The average molecular weight is 384 g/mol. The molecule has 2 rings (SSSR count). The normalized spacial score (nSPS) is 15.8. The zero-order chi connectivity index (χ0) is 13.8. The number of halogens is 2. The van der Waals surface area contributed by atoms with Crippen LogP contribution in [-0.4, -0.2) is 44.6 Å². The van der Waals surface area contributed by atoms with Crippen LogP contribution in [0.3, 0.4) is 0 Å². The van der Waals surface area contributed by atoms with Crippen LogP contribution in [0.4, 0.5) is 0 Å². The van der Waals surface area contributed by atoms with Crippen molar-refractivity contribution in [1.29, 1.82) is 0 Å². The highest BCUT2D eigenvalue weighted by Gasteiger charge is 2.25. The van der Waals surface area contributed by atoms with Crippen molar-refractivity contribution in [2.75, 3.05) is 33.8 Å². The molecule has 1 aliphatic heterocycles. The summed E-state index contributed by atoms with van der Waals surface area (Å²) in [6, 6.07) is 1.82. The zero-order valence-corrected chi connectivity index (χ0v) is 14.9. The lowest BCUT2D eigenvalue weighted by Crippen LogP contribution is -2.40. The third-order valence-corrected chi connectivity index (χ3v) is 5.25. The van der Waals surface area contributed by atoms with Crippen molar-refractivity contribution < 1.29 is 9.53 Å². The summed E-state index contributed by atoms with van der Waals surface area (Å²) in [4.78, 5) is 15.1. The van der Waals surface area contributed by atoms with Crippen LogP contribution in [-0.2, 0) is 0 Å². The number of ether oxygens (including phenoxy) is 1. The van der Waals surface area contributed by atoms with Gasteiger partial charge in [0, 0.05) is 19.2 Å². The number of amides is 1. The van der Waals surface area contributed by atoms with Gasteiger partial charge in [0.05, 0.1) is 12.0 Å². The Morgan fingerprint density at radius 3 is 2.70 bits per heavy atom. The fraction of sp³-hybridized carbons (Fsp3) is 0.615. The first kappa shape index (κ1) is 17.8. The monoisotopic (exact) mass is 382 g/mol. The summed E-state index contributed by atoms with van der Waals surface area (Å²) in [5.74, 6) is 1.55. The van der Waals surface area contributed by atoms with Gasteiger partial charge >= 0.3 is 0 Å². The third kappa shape index (κ3) is 4.10. The zero-order valence-electron chi connectivity index (χ0n) is 11.6. The Hall–Kier alpha value is -0.300. The molecule has 0 bridgehead atoms. The van der Waals surface area contributed by atoms with Gasteiger partial charge in [-0.3, -0.25) is 4.79 Å². The number of nitrogens with one attached hydrogen (secondary N) is 1. The molecule has 0 spiro atoms. The maximum atomic E-state index is 12.4. The minimum Gasteiger partial charge on any atom is -0.495 e. The molecule has 0 atom stereocenters. The van der Waals surface area contributed by atoms with Gasteiger partial charge < -0.3 is 15.0 Å². The number of methoxy groups -OCH3 is 1. The summed E-state index contributed by atoms with van der Waals surface area (Å²) >= 11 is 4.85. The lowest BCUT2D eigenvalue weighted by atomic mass is 9.97. The summed E-state index contributed by atoms with van der Waals surface area (Å²) in [5, 5.41) is 3.21. The number of rotatable bonds is 4. The molecule has 114 valence electrons. The molecule has 2 heterocycles. The molecule has 1 fully saturated rings. The molecule has 0 saturated carbocycles. The summed E-state index contributed by atoms with van der Waals surface area (Å²) < 4.78 is 6.07. The number of piperidine rings is 1. The van der Waals surface area contributed by atoms with Crippen LogP contribution in [0.5, 0.6) is 5.75 Å². The summed E-state index contributed by atoms with van der Waals surface area (Å²) in [6.07, 6.45) is 2.16. The summed E-state index contributed by atoms with van der Waals surface area (Å²) in [7, 11) is 3.59. The number of hydrogen-bond acceptors (Lipinski definition) is 4. The van der Waals surface area contributed by atoms with Gasteiger partial charge in [0.1, 0.15) is 9.54 Å². The fourth-order valence-corrected chi connectivity index (χ4v) is 4.00. The van der Waals surface area contributed by atoms with E-state index in [2.05, 4.69) is 21.2 Å². The molecule has 1 aromatic heterocycles. The minimum absolute atomic E-state index is 0. The highest BCUT2D eigenvalue weighted by Crippen LogP contribution is 2.35. The molecule has 0 aliphatic carbocycles. The molecule has 4 nitrogen and oxygen atoms in total. The van der Waals surface area contributed by atoms with E-state index in [4.69, 9.17) is 4.74 Å². The van der Waals surface area contributed by atoms with Gasteiger partial charge in [0.25, 0.3) is 5.91 Å². The van der Waals surface area contributed by atoms with Gasteiger partial charge in [-0.1, -0.05) is 0 Å². The average Bonchev–Trinajstić information content (AvgIpc) is 2.80. The predicted octanol–water partition coefficient (Wildman–Crippen LogP) is 3.01. The van der Waals surface area contributed by atoms with Crippen molar-refractivity contribution in [1.82, 2.24) is 10.2 Å². The first-order valence-corrected chi connectivity index (χ1v) is 8.03. The standard InChI is InChI=1S/C13H19BrN2O2S.ClH/c1-15-8-9-3-5-16(6-4-9)13(17)11-7-10(18-2)12(14)19-11;/h7,9,15H,3-6,8H2,1-2H3;1H. The predicted molar refractivity (Wildman–Crippen MR) is 88.4 cm³/mol. The van der Waals surface area contributed by atoms with Gasteiger partial charge in [0.15, 0.2) is 0 Å². The Labute approximate surface area is 138 Å². The minimum atomic E-state index is 0. The molecule has 1 aromatic rings. The van der Waals surface area contributed by atoms with Crippen molar-refractivity contribution in [2.24, 2.45) is 5.92 Å². The van der Waals surface area contributed by atoms with Crippen LogP contribution in [0.15, 0.2) is 9.85 Å². The molecule has 0 radical (unpaired) electrons. The second-order valence-corrected chi connectivity index (χ2v) is 7.12. The van der Waals surface area contributed by atoms with E-state index in [1.165, 1.54) is 11.3 Å². The number of nitrogens with zero attached hydrogens (tertiary/aromatic N) is 1. The number of carbonyl (C=O) groups excluding carboxylic acids is 1. The Bertz CT molecular complexity index is 448. The third-order valence-electron chi connectivity index (χ3n) is 3.48. The van der Waals surface area contributed by atoms with E-state index in [0.717, 1.165) is 46.9 Å². The van der Waals surface area contributed by atoms with Gasteiger partial charge in [-0.2, -0.15) is 0 Å². The highest BCUT2D eigenvalue weighted by atomic mass is 79.9. The van der Waals surface area contributed by atoms with Crippen LogP contribution in [0.1, 0.15) is 22.5 Å². The summed E-state index contributed by atoms with van der Waals surface area (Å²) in [5.41, 5.74) is 0. The van der Waals surface area contributed by atoms with Crippen LogP contribution in [0.25, 0.3) is 0 Å². The van der Waals surface area contributed by atoms with Crippen molar-refractivity contribution in [3.8, 4) is 5.75 Å². The van der Waals surface area contributed by atoms with Crippen molar-refractivity contribution in [2.45, 2.75) is 12.8 Å². The molecular weight excluding hydrogens is 364 g/mol. The Balaban J connectivity index is 0.00000200. The van der Waals surface area contributed by atoms with Gasteiger partial charge in [-0.15, -0.1) is 23.7 Å². The molecule has 20 heavy (non-hydrogen) atoms. The molecule has 1 aliphatic rings. The van der Waals surface area contributed by atoms with E-state index >= 15 is 0 Å². The number of hydrogen-bond donors (Lipinski definition) is 1. The smallest absolute Gasteiger partial charge is 0.264 e. The number of carbonyl (C=O) groups is 1. The highest BCUT2D eigenvalue weighted by molar-refractivity contribution is 9.11. The largest absolute Gasteiger partial charge is 0.495 e.